The molecule has 7 heteroatoms. The van der Waals surface area contributed by atoms with E-state index in [1.807, 2.05) is 6.92 Å². The van der Waals surface area contributed by atoms with Crippen LogP contribution in [0.4, 0.5) is 13.2 Å². The number of carbonyl (C=O) groups excluding carboxylic acids is 1. The van der Waals surface area contributed by atoms with Crippen molar-refractivity contribution < 1.29 is 22.7 Å². The third kappa shape index (κ3) is 3.91. The third-order valence-corrected chi connectivity index (χ3v) is 3.84. The average molecular weight is 316 g/mol. The molecule has 2 rings (SSSR count). The molecule has 22 heavy (non-hydrogen) atoms. The summed E-state index contributed by atoms with van der Waals surface area (Å²) in [6.07, 6.45) is -4.03. The van der Waals surface area contributed by atoms with E-state index >= 15 is 0 Å². The van der Waals surface area contributed by atoms with Crippen molar-refractivity contribution >= 4 is 5.91 Å². The molecule has 122 valence electrons. The van der Waals surface area contributed by atoms with Crippen LogP contribution in [-0.4, -0.2) is 37.3 Å². The van der Waals surface area contributed by atoms with E-state index in [1.165, 1.54) is 23.1 Å². The van der Waals surface area contributed by atoms with Crippen LogP contribution in [0.2, 0.25) is 0 Å². The molecule has 1 heterocycles. The Morgan fingerprint density at radius 1 is 1.41 bits per heavy atom. The number of hydrogen-bond acceptors (Lipinski definition) is 3. The zero-order chi connectivity index (χ0) is 16.4. The molecular formula is C15H19F3N2O2. The number of rotatable bonds is 4. The van der Waals surface area contributed by atoms with Crippen molar-refractivity contribution in [2.75, 3.05) is 20.1 Å². The maximum atomic E-state index is 12.5. The number of amides is 1. The average Bonchev–Trinajstić information content (AvgIpc) is 2.86. The van der Waals surface area contributed by atoms with Gasteiger partial charge in [0.1, 0.15) is 5.75 Å². The number of halogens is 3. The minimum atomic E-state index is -4.75. The van der Waals surface area contributed by atoms with Gasteiger partial charge in [-0.1, -0.05) is 18.2 Å². The predicted octanol–water partition coefficient (Wildman–Crippen LogP) is 2.54. The second-order valence-electron chi connectivity index (χ2n) is 5.80. The molecule has 0 radical (unpaired) electrons. The van der Waals surface area contributed by atoms with Gasteiger partial charge >= 0.3 is 6.36 Å². The van der Waals surface area contributed by atoms with Crippen molar-refractivity contribution in [3.05, 3.63) is 29.8 Å². The Balaban J connectivity index is 2.11. The van der Waals surface area contributed by atoms with Gasteiger partial charge in [0.15, 0.2) is 0 Å². The Morgan fingerprint density at radius 3 is 2.68 bits per heavy atom. The standard InChI is InChI=1S/C15H19F3N2O2/c1-14(7-8-19-10-14)13(21)20(2)9-11-5-3-4-6-12(11)22-15(16,17)18/h3-6,19H,7-10H2,1-2H3/t14-/m1/s1. The lowest BCUT2D eigenvalue weighted by molar-refractivity contribution is -0.275. The van der Waals surface area contributed by atoms with Crippen LogP contribution >= 0.6 is 0 Å². The summed E-state index contributed by atoms with van der Waals surface area (Å²) in [5.74, 6) is -0.358. The molecule has 1 amide bonds. The minimum Gasteiger partial charge on any atom is -0.405 e. The van der Waals surface area contributed by atoms with Gasteiger partial charge in [0.2, 0.25) is 5.91 Å². The van der Waals surface area contributed by atoms with Gasteiger partial charge in [-0.2, -0.15) is 0 Å². The van der Waals surface area contributed by atoms with Crippen LogP contribution in [0.5, 0.6) is 5.75 Å². The van der Waals surface area contributed by atoms with Gasteiger partial charge < -0.3 is 15.0 Å². The summed E-state index contributed by atoms with van der Waals surface area (Å²) < 4.78 is 41.3. The number of nitrogens with zero attached hydrogens (tertiary/aromatic N) is 1. The summed E-state index contributed by atoms with van der Waals surface area (Å²) in [7, 11) is 1.59. The number of nitrogens with one attached hydrogen (secondary N) is 1. The summed E-state index contributed by atoms with van der Waals surface area (Å²) >= 11 is 0. The first kappa shape index (κ1) is 16.6. The first-order valence-electron chi connectivity index (χ1n) is 7.01. The first-order chi connectivity index (χ1) is 10.2. The number of carbonyl (C=O) groups is 1. The SMILES string of the molecule is CN(Cc1ccccc1OC(F)(F)F)C(=O)[C@]1(C)CCNC1. The van der Waals surface area contributed by atoms with E-state index in [-0.39, 0.29) is 18.2 Å². The van der Waals surface area contributed by atoms with E-state index < -0.39 is 11.8 Å². The summed E-state index contributed by atoms with van der Waals surface area (Å²) in [6.45, 7) is 3.28. The van der Waals surface area contributed by atoms with Crippen LogP contribution in [0.3, 0.4) is 0 Å². The fourth-order valence-electron chi connectivity index (χ4n) is 2.65. The minimum absolute atomic E-state index is 0.0701. The van der Waals surface area contributed by atoms with E-state index in [2.05, 4.69) is 10.1 Å². The molecule has 1 fully saturated rings. The fraction of sp³-hybridized carbons (Fsp3) is 0.533. The molecule has 1 aromatic rings. The van der Waals surface area contributed by atoms with Crippen LogP contribution in [0.1, 0.15) is 18.9 Å². The lowest BCUT2D eigenvalue weighted by Gasteiger charge is -2.28. The monoisotopic (exact) mass is 316 g/mol. The van der Waals surface area contributed by atoms with Crippen molar-refractivity contribution in [2.45, 2.75) is 26.3 Å². The Morgan fingerprint density at radius 2 is 2.09 bits per heavy atom. The summed E-state index contributed by atoms with van der Waals surface area (Å²) in [5, 5.41) is 3.13. The van der Waals surface area contributed by atoms with Gasteiger partial charge in [0.05, 0.1) is 5.41 Å². The molecule has 1 aromatic carbocycles. The molecule has 0 aromatic heterocycles. The zero-order valence-corrected chi connectivity index (χ0v) is 12.5. The van der Waals surface area contributed by atoms with Crippen molar-refractivity contribution in [1.29, 1.82) is 0 Å². The molecule has 0 unspecified atom stereocenters. The van der Waals surface area contributed by atoms with Crippen molar-refractivity contribution in [2.24, 2.45) is 5.41 Å². The number of hydrogen-bond donors (Lipinski definition) is 1. The first-order valence-corrected chi connectivity index (χ1v) is 7.01. The van der Waals surface area contributed by atoms with Gasteiger partial charge in [0.25, 0.3) is 0 Å². The highest BCUT2D eigenvalue weighted by Gasteiger charge is 2.38. The normalized spacial score (nSPS) is 21.7. The zero-order valence-electron chi connectivity index (χ0n) is 12.5. The molecule has 0 aliphatic carbocycles. The second-order valence-corrected chi connectivity index (χ2v) is 5.80. The molecule has 4 nitrogen and oxygen atoms in total. The van der Waals surface area contributed by atoms with Crippen molar-refractivity contribution in [1.82, 2.24) is 10.2 Å². The molecule has 1 atom stereocenters. The second kappa shape index (κ2) is 6.16. The van der Waals surface area contributed by atoms with E-state index in [0.29, 0.717) is 12.1 Å². The van der Waals surface area contributed by atoms with Crippen LogP contribution < -0.4 is 10.1 Å². The fourth-order valence-corrected chi connectivity index (χ4v) is 2.65. The molecule has 1 N–H and O–H groups in total. The van der Waals surface area contributed by atoms with Gasteiger partial charge in [-0.3, -0.25) is 4.79 Å². The lowest BCUT2D eigenvalue weighted by Crippen LogP contribution is -2.41. The Hall–Kier alpha value is -1.76. The summed E-state index contributed by atoms with van der Waals surface area (Å²) in [4.78, 5) is 13.9. The summed E-state index contributed by atoms with van der Waals surface area (Å²) in [6, 6.07) is 5.87. The largest absolute Gasteiger partial charge is 0.573 e. The highest BCUT2D eigenvalue weighted by molar-refractivity contribution is 5.82. The Labute approximate surface area is 127 Å². The topological polar surface area (TPSA) is 41.6 Å². The van der Waals surface area contributed by atoms with E-state index in [4.69, 9.17) is 0 Å². The van der Waals surface area contributed by atoms with Gasteiger partial charge in [-0.05, 0) is 26.0 Å². The molecule has 0 bridgehead atoms. The smallest absolute Gasteiger partial charge is 0.405 e. The number of alkyl halides is 3. The molecule has 1 saturated heterocycles. The maximum absolute atomic E-state index is 12.5. The number of para-hydroxylation sites is 1. The van der Waals surface area contributed by atoms with Crippen molar-refractivity contribution in [3.63, 3.8) is 0 Å². The van der Waals surface area contributed by atoms with Crippen molar-refractivity contribution in [3.8, 4) is 5.75 Å². The van der Waals surface area contributed by atoms with Crippen LogP contribution in [0, 0.1) is 5.41 Å². The van der Waals surface area contributed by atoms with Crippen LogP contribution in [0.25, 0.3) is 0 Å². The Bertz CT molecular complexity index is 540. The quantitative estimate of drug-likeness (QED) is 0.928. The molecule has 1 aliphatic heterocycles. The molecular weight excluding hydrogens is 297 g/mol. The molecule has 1 aliphatic rings. The van der Waals surface area contributed by atoms with E-state index in [9.17, 15) is 18.0 Å². The number of ether oxygens (including phenoxy) is 1. The van der Waals surface area contributed by atoms with Crippen LogP contribution in [-0.2, 0) is 11.3 Å². The van der Waals surface area contributed by atoms with Crippen LogP contribution in [0.15, 0.2) is 24.3 Å². The number of benzene rings is 1. The highest BCUT2D eigenvalue weighted by Crippen LogP contribution is 2.30. The van der Waals surface area contributed by atoms with Gasteiger partial charge in [0, 0.05) is 25.7 Å². The van der Waals surface area contributed by atoms with Gasteiger partial charge in [-0.25, -0.2) is 0 Å². The predicted molar refractivity (Wildman–Crippen MR) is 75.2 cm³/mol. The Kier molecular flexibility index (Phi) is 4.65. The third-order valence-electron chi connectivity index (χ3n) is 3.84. The maximum Gasteiger partial charge on any atom is 0.573 e. The van der Waals surface area contributed by atoms with Gasteiger partial charge in [-0.15, -0.1) is 13.2 Å². The highest BCUT2D eigenvalue weighted by atomic mass is 19.4. The van der Waals surface area contributed by atoms with E-state index in [1.54, 1.807) is 13.1 Å². The van der Waals surface area contributed by atoms with E-state index in [0.717, 1.165) is 13.0 Å². The summed E-state index contributed by atoms with van der Waals surface area (Å²) in [5.41, 5.74) is -0.181. The molecule has 0 saturated carbocycles. The lowest BCUT2D eigenvalue weighted by atomic mass is 9.88. The molecule has 0 spiro atoms.